The number of aromatic nitrogens is 5. The Morgan fingerprint density at radius 3 is 3.00 bits per heavy atom. The summed E-state index contributed by atoms with van der Waals surface area (Å²) in [5.41, 5.74) is 0.806. The second kappa shape index (κ2) is 6.63. The summed E-state index contributed by atoms with van der Waals surface area (Å²) in [4.78, 5) is 13.0. The predicted molar refractivity (Wildman–Crippen MR) is 91.6 cm³/mol. The molecular weight excluding hydrogens is 304 g/mol. The molecule has 1 aliphatic rings. The lowest BCUT2D eigenvalue weighted by Crippen LogP contribution is -2.22. The van der Waals surface area contributed by atoms with E-state index >= 15 is 0 Å². The van der Waals surface area contributed by atoms with Gasteiger partial charge < -0.3 is 16.0 Å². The Balaban J connectivity index is 1.46. The number of hydrogen-bond acceptors (Lipinski definition) is 7. The molecule has 1 fully saturated rings. The lowest BCUT2D eigenvalue weighted by atomic mass is 10.2. The highest BCUT2D eigenvalue weighted by Gasteiger charge is 2.14. The smallest absolute Gasteiger partial charge is 0.229 e. The molecule has 0 aromatic carbocycles. The Labute approximate surface area is 139 Å². The Morgan fingerprint density at radius 1 is 1.17 bits per heavy atom. The highest BCUT2D eigenvalue weighted by molar-refractivity contribution is 5.53. The maximum Gasteiger partial charge on any atom is 0.229 e. The van der Waals surface area contributed by atoms with Crippen LogP contribution in [0.4, 0.5) is 17.5 Å². The van der Waals surface area contributed by atoms with Gasteiger partial charge in [-0.05, 0) is 31.2 Å². The van der Waals surface area contributed by atoms with Gasteiger partial charge in [-0.1, -0.05) is 6.07 Å². The van der Waals surface area contributed by atoms with Gasteiger partial charge >= 0.3 is 0 Å². The Hall–Kier alpha value is -3.00. The molecule has 8 heteroatoms. The maximum absolute atomic E-state index is 4.50. The molecular formula is C16H18N8. The summed E-state index contributed by atoms with van der Waals surface area (Å²) in [5, 5.41) is 14.2. The van der Waals surface area contributed by atoms with Crippen molar-refractivity contribution in [3.63, 3.8) is 0 Å². The van der Waals surface area contributed by atoms with Crippen LogP contribution in [0.25, 0.3) is 5.82 Å². The summed E-state index contributed by atoms with van der Waals surface area (Å²) in [7, 11) is 0. The minimum absolute atomic E-state index is 0.416. The fourth-order valence-corrected chi connectivity index (χ4v) is 2.62. The average molecular weight is 322 g/mol. The molecule has 0 aliphatic carbocycles. The van der Waals surface area contributed by atoms with Crippen LogP contribution in [0.3, 0.4) is 0 Å². The second-order valence-electron chi connectivity index (χ2n) is 5.59. The van der Waals surface area contributed by atoms with Crippen LogP contribution in [-0.4, -0.2) is 43.9 Å². The number of rotatable bonds is 5. The molecule has 3 aromatic rings. The van der Waals surface area contributed by atoms with Crippen LogP contribution in [0.1, 0.15) is 6.42 Å². The fourth-order valence-electron chi connectivity index (χ4n) is 2.62. The first kappa shape index (κ1) is 14.6. The summed E-state index contributed by atoms with van der Waals surface area (Å²) in [6.07, 6.45) is 8.15. The van der Waals surface area contributed by atoms with Crippen LogP contribution in [0.2, 0.25) is 0 Å². The predicted octanol–water partition coefficient (Wildman–Crippen LogP) is 1.57. The molecule has 0 spiro atoms. The van der Waals surface area contributed by atoms with E-state index in [1.54, 1.807) is 23.3 Å². The van der Waals surface area contributed by atoms with Gasteiger partial charge in [-0.3, -0.25) is 0 Å². The van der Waals surface area contributed by atoms with Gasteiger partial charge in [-0.15, -0.1) is 0 Å². The standard InChI is InChI=1S/C16H18N8/c1-2-6-18-15(3-1)24-11-13(10-20-24)22-16-19-8-5-14(23-16)21-12-4-7-17-9-12/h1-3,5-6,8,10-12,17H,4,7,9H2,(H2,19,21,22,23). The van der Waals surface area contributed by atoms with Gasteiger partial charge in [0, 0.05) is 25.0 Å². The van der Waals surface area contributed by atoms with Gasteiger partial charge in [0.1, 0.15) is 5.82 Å². The summed E-state index contributed by atoms with van der Waals surface area (Å²) < 4.78 is 1.70. The second-order valence-corrected chi connectivity index (χ2v) is 5.59. The third kappa shape index (κ3) is 3.33. The molecule has 1 atom stereocenters. The van der Waals surface area contributed by atoms with E-state index in [1.165, 1.54) is 0 Å². The lowest BCUT2D eigenvalue weighted by Gasteiger charge is -2.12. The fraction of sp³-hybridized carbons (Fsp3) is 0.250. The number of nitrogens with zero attached hydrogens (tertiary/aromatic N) is 5. The zero-order chi connectivity index (χ0) is 16.2. The molecule has 3 N–H and O–H groups in total. The lowest BCUT2D eigenvalue weighted by molar-refractivity contribution is 0.787. The van der Waals surface area contributed by atoms with Crippen LogP contribution in [0.5, 0.6) is 0 Å². The molecule has 24 heavy (non-hydrogen) atoms. The van der Waals surface area contributed by atoms with Crippen LogP contribution in [0.15, 0.2) is 49.1 Å². The molecule has 1 saturated heterocycles. The number of pyridine rings is 1. The van der Waals surface area contributed by atoms with Gasteiger partial charge in [-0.25, -0.2) is 14.6 Å². The first-order valence-electron chi connectivity index (χ1n) is 7.90. The van der Waals surface area contributed by atoms with Crippen molar-refractivity contribution in [2.24, 2.45) is 0 Å². The molecule has 4 rings (SSSR count). The average Bonchev–Trinajstić information content (AvgIpc) is 3.28. The van der Waals surface area contributed by atoms with E-state index < -0.39 is 0 Å². The van der Waals surface area contributed by atoms with E-state index in [2.05, 4.69) is 36.0 Å². The first-order valence-corrected chi connectivity index (χ1v) is 7.90. The van der Waals surface area contributed by atoms with Crippen LogP contribution in [0, 0.1) is 0 Å². The Bertz CT molecular complexity index is 795. The van der Waals surface area contributed by atoms with E-state index in [0.717, 1.165) is 36.8 Å². The number of nitrogens with one attached hydrogen (secondary N) is 3. The number of hydrogen-bond donors (Lipinski definition) is 3. The quantitative estimate of drug-likeness (QED) is 0.656. The van der Waals surface area contributed by atoms with Crippen molar-refractivity contribution in [1.29, 1.82) is 0 Å². The van der Waals surface area contributed by atoms with Crippen molar-refractivity contribution in [1.82, 2.24) is 30.0 Å². The van der Waals surface area contributed by atoms with E-state index in [-0.39, 0.29) is 0 Å². The number of anilines is 3. The Kier molecular flexibility index (Phi) is 4.03. The monoisotopic (exact) mass is 322 g/mol. The molecule has 3 aromatic heterocycles. The molecule has 0 bridgehead atoms. The molecule has 0 radical (unpaired) electrons. The third-order valence-electron chi connectivity index (χ3n) is 3.79. The molecule has 4 heterocycles. The van der Waals surface area contributed by atoms with Crippen molar-refractivity contribution in [3.8, 4) is 5.82 Å². The zero-order valence-electron chi connectivity index (χ0n) is 13.1. The molecule has 1 unspecified atom stereocenters. The summed E-state index contributed by atoms with van der Waals surface area (Å²) >= 11 is 0. The van der Waals surface area contributed by atoms with E-state index in [4.69, 9.17) is 0 Å². The molecule has 8 nitrogen and oxygen atoms in total. The molecule has 122 valence electrons. The van der Waals surface area contributed by atoms with Crippen LogP contribution in [-0.2, 0) is 0 Å². The molecule has 1 aliphatic heterocycles. The minimum Gasteiger partial charge on any atom is -0.366 e. The van der Waals surface area contributed by atoms with E-state index in [0.29, 0.717) is 12.0 Å². The zero-order valence-corrected chi connectivity index (χ0v) is 13.1. The topological polar surface area (TPSA) is 92.6 Å². The first-order chi connectivity index (χ1) is 11.9. The van der Waals surface area contributed by atoms with Gasteiger partial charge in [0.2, 0.25) is 5.95 Å². The van der Waals surface area contributed by atoms with Crippen LogP contribution >= 0.6 is 0 Å². The molecule has 0 amide bonds. The van der Waals surface area contributed by atoms with Gasteiger partial charge in [-0.2, -0.15) is 10.1 Å². The highest BCUT2D eigenvalue weighted by atomic mass is 15.3. The maximum atomic E-state index is 4.50. The van der Waals surface area contributed by atoms with Crippen molar-refractivity contribution in [3.05, 3.63) is 49.1 Å². The minimum atomic E-state index is 0.416. The van der Waals surface area contributed by atoms with Crippen molar-refractivity contribution in [2.75, 3.05) is 23.7 Å². The largest absolute Gasteiger partial charge is 0.366 e. The normalized spacial score (nSPS) is 16.9. The van der Waals surface area contributed by atoms with Crippen molar-refractivity contribution >= 4 is 17.5 Å². The summed E-state index contributed by atoms with van der Waals surface area (Å²) in [6, 6.07) is 7.99. The van der Waals surface area contributed by atoms with Gasteiger partial charge in [0.05, 0.1) is 18.1 Å². The summed E-state index contributed by atoms with van der Waals surface area (Å²) in [6.45, 7) is 2.00. The summed E-state index contributed by atoms with van der Waals surface area (Å²) in [5.74, 6) is 2.11. The SMILES string of the molecule is c1ccc(-n2cc(Nc3nccc(NC4CCNC4)n3)cn2)nc1. The van der Waals surface area contributed by atoms with E-state index in [9.17, 15) is 0 Å². The third-order valence-corrected chi connectivity index (χ3v) is 3.79. The van der Waals surface area contributed by atoms with Crippen LogP contribution < -0.4 is 16.0 Å². The van der Waals surface area contributed by atoms with Crippen molar-refractivity contribution < 1.29 is 0 Å². The molecule has 0 saturated carbocycles. The van der Waals surface area contributed by atoms with Gasteiger partial charge in [0.25, 0.3) is 0 Å². The van der Waals surface area contributed by atoms with Crippen molar-refractivity contribution in [2.45, 2.75) is 12.5 Å². The van der Waals surface area contributed by atoms with Gasteiger partial charge in [0.15, 0.2) is 5.82 Å². The highest BCUT2D eigenvalue weighted by Crippen LogP contribution is 2.16. The Morgan fingerprint density at radius 2 is 2.17 bits per heavy atom. The van der Waals surface area contributed by atoms with E-state index in [1.807, 2.05) is 30.5 Å².